The number of nitrogens with one attached hydrogen (secondary N) is 2. The number of aromatic amines is 1. The molecule has 2 aromatic heterocycles. The molecular formula is C21H24N4O2S. The number of Topliss-reactive ketones (excluding diaryl/α,β-unsaturated/α-hetero) is 1. The van der Waals surface area contributed by atoms with E-state index in [1.165, 1.54) is 11.8 Å². The summed E-state index contributed by atoms with van der Waals surface area (Å²) in [5, 5.41) is 3.94. The van der Waals surface area contributed by atoms with Crippen molar-refractivity contribution in [1.82, 2.24) is 15.0 Å². The molecule has 1 aliphatic carbocycles. The minimum atomic E-state index is -0.440. The van der Waals surface area contributed by atoms with Crippen LogP contribution in [-0.2, 0) is 4.79 Å². The van der Waals surface area contributed by atoms with Gasteiger partial charge in [-0.15, -0.1) is 0 Å². The fourth-order valence-corrected chi connectivity index (χ4v) is 4.76. The largest absolute Gasteiger partial charge is 0.343 e. The van der Waals surface area contributed by atoms with Crippen molar-refractivity contribution >= 4 is 23.4 Å². The molecule has 1 aliphatic heterocycles. The van der Waals surface area contributed by atoms with E-state index in [0.717, 1.165) is 29.9 Å². The summed E-state index contributed by atoms with van der Waals surface area (Å²) in [4.78, 5) is 37.9. The molecule has 0 aromatic carbocycles. The Morgan fingerprint density at radius 3 is 2.82 bits per heavy atom. The zero-order valence-electron chi connectivity index (χ0n) is 16.3. The second-order valence-electron chi connectivity index (χ2n) is 8.16. The van der Waals surface area contributed by atoms with Gasteiger partial charge in [-0.05, 0) is 29.9 Å². The molecule has 4 rings (SSSR count). The number of fused-ring (bicyclic) bond motifs is 1. The molecular weight excluding hydrogens is 372 g/mol. The number of allylic oxidation sites excluding steroid dienone is 2. The Hall–Kier alpha value is -2.41. The number of ketones is 1. The molecule has 0 radical (unpaired) electrons. The summed E-state index contributed by atoms with van der Waals surface area (Å²) in [7, 11) is 0. The summed E-state index contributed by atoms with van der Waals surface area (Å²) in [5.41, 5.74) is 2.58. The van der Waals surface area contributed by atoms with Gasteiger partial charge in [0.05, 0.1) is 5.56 Å². The third-order valence-electron chi connectivity index (χ3n) is 5.16. The van der Waals surface area contributed by atoms with Crippen LogP contribution in [-0.4, -0.2) is 26.5 Å². The number of pyridine rings is 1. The number of nitrogens with zero attached hydrogens (tertiary/aromatic N) is 2. The first kappa shape index (κ1) is 18.9. The van der Waals surface area contributed by atoms with Crippen molar-refractivity contribution in [1.29, 1.82) is 0 Å². The molecule has 146 valence electrons. The normalized spacial score (nSPS) is 20.4. The lowest BCUT2D eigenvalue weighted by Crippen LogP contribution is -2.37. The Kier molecular flexibility index (Phi) is 4.87. The van der Waals surface area contributed by atoms with Crippen LogP contribution in [0.2, 0.25) is 0 Å². The van der Waals surface area contributed by atoms with Crippen LogP contribution in [0.25, 0.3) is 0 Å². The van der Waals surface area contributed by atoms with Crippen LogP contribution < -0.4 is 10.9 Å². The van der Waals surface area contributed by atoms with Crippen molar-refractivity contribution in [2.75, 3.05) is 11.1 Å². The van der Waals surface area contributed by atoms with E-state index in [1.807, 2.05) is 12.1 Å². The maximum absolute atomic E-state index is 13.1. The lowest BCUT2D eigenvalue weighted by Gasteiger charge is -2.38. The first-order valence-electron chi connectivity index (χ1n) is 9.60. The Morgan fingerprint density at radius 1 is 1.29 bits per heavy atom. The SMILES string of the molecule is CCCSc1nc2c(c(=O)[nH]1)[C@H](c1cccnc1)C1=C(CC(C)(C)CC1=O)N2. The average molecular weight is 397 g/mol. The smallest absolute Gasteiger partial charge is 0.257 e. The maximum Gasteiger partial charge on any atom is 0.257 e. The molecule has 0 bridgehead atoms. The van der Waals surface area contributed by atoms with Crippen LogP contribution in [0.4, 0.5) is 5.82 Å². The summed E-state index contributed by atoms with van der Waals surface area (Å²) >= 11 is 1.53. The minimum Gasteiger partial charge on any atom is -0.343 e. The molecule has 7 heteroatoms. The van der Waals surface area contributed by atoms with E-state index in [-0.39, 0.29) is 16.8 Å². The van der Waals surface area contributed by atoms with Gasteiger partial charge >= 0.3 is 0 Å². The van der Waals surface area contributed by atoms with Gasteiger partial charge in [0.15, 0.2) is 10.9 Å². The van der Waals surface area contributed by atoms with Crippen LogP contribution in [0.15, 0.2) is 45.7 Å². The van der Waals surface area contributed by atoms with E-state index >= 15 is 0 Å². The summed E-state index contributed by atoms with van der Waals surface area (Å²) in [6, 6.07) is 3.76. The van der Waals surface area contributed by atoms with Crippen LogP contribution >= 0.6 is 11.8 Å². The molecule has 0 unspecified atom stereocenters. The van der Waals surface area contributed by atoms with Gasteiger partial charge in [0.1, 0.15) is 5.82 Å². The van der Waals surface area contributed by atoms with Gasteiger partial charge in [-0.1, -0.05) is 38.6 Å². The van der Waals surface area contributed by atoms with Crippen LogP contribution in [0.3, 0.4) is 0 Å². The van der Waals surface area contributed by atoms with E-state index < -0.39 is 5.92 Å². The first-order chi connectivity index (χ1) is 13.4. The number of rotatable bonds is 4. The third kappa shape index (κ3) is 3.39. The topological polar surface area (TPSA) is 87.7 Å². The van der Waals surface area contributed by atoms with Crippen LogP contribution in [0.1, 0.15) is 57.1 Å². The highest BCUT2D eigenvalue weighted by Crippen LogP contribution is 2.47. The highest BCUT2D eigenvalue weighted by molar-refractivity contribution is 7.99. The molecule has 28 heavy (non-hydrogen) atoms. The number of aromatic nitrogens is 3. The predicted molar refractivity (Wildman–Crippen MR) is 111 cm³/mol. The van der Waals surface area contributed by atoms with Gasteiger partial charge in [-0.3, -0.25) is 14.6 Å². The molecule has 0 saturated carbocycles. The molecule has 0 spiro atoms. The molecule has 0 fully saturated rings. The molecule has 6 nitrogen and oxygen atoms in total. The van der Waals surface area contributed by atoms with Gasteiger partial charge in [0.2, 0.25) is 0 Å². The molecule has 2 N–H and O–H groups in total. The number of anilines is 1. The lowest BCUT2D eigenvalue weighted by molar-refractivity contribution is -0.118. The maximum atomic E-state index is 13.1. The predicted octanol–water partition coefficient (Wildman–Crippen LogP) is 3.87. The molecule has 3 heterocycles. The second kappa shape index (κ2) is 7.20. The van der Waals surface area contributed by atoms with Crippen molar-refractivity contribution in [2.24, 2.45) is 5.41 Å². The Bertz CT molecular complexity index is 1010. The van der Waals surface area contributed by atoms with E-state index in [9.17, 15) is 9.59 Å². The molecule has 0 saturated heterocycles. The number of carbonyl (C=O) groups is 1. The summed E-state index contributed by atoms with van der Waals surface area (Å²) in [6.45, 7) is 6.28. The summed E-state index contributed by atoms with van der Waals surface area (Å²) < 4.78 is 0. The molecule has 1 atom stereocenters. The zero-order valence-corrected chi connectivity index (χ0v) is 17.2. The van der Waals surface area contributed by atoms with Crippen molar-refractivity contribution in [3.63, 3.8) is 0 Å². The number of carbonyl (C=O) groups excluding carboxylic acids is 1. The lowest BCUT2D eigenvalue weighted by atomic mass is 9.69. The molecule has 0 amide bonds. The van der Waals surface area contributed by atoms with E-state index in [4.69, 9.17) is 0 Å². The second-order valence-corrected chi connectivity index (χ2v) is 9.24. The van der Waals surface area contributed by atoms with Gasteiger partial charge in [0.25, 0.3) is 5.56 Å². The van der Waals surface area contributed by atoms with E-state index in [1.54, 1.807) is 12.4 Å². The van der Waals surface area contributed by atoms with Crippen molar-refractivity contribution < 1.29 is 4.79 Å². The highest BCUT2D eigenvalue weighted by Gasteiger charge is 2.42. The number of H-pyrrole nitrogens is 1. The van der Waals surface area contributed by atoms with Crippen molar-refractivity contribution in [3.05, 3.63) is 57.3 Å². The van der Waals surface area contributed by atoms with Gasteiger partial charge < -0.3 is 10.3 Å². The molecule has 2 aliphatic rings. The molecule has 2 aromatic rings. The van der Waals surface area contributed by atoms with Crippen molar-refractivity contribution in [2.45, 2.75) is 51.1 Å². The summed E-state index contributed by atoms with van der Waals surface area (Å²) in [6.07, 6.45) is 5.64. The Labute approximate surface area is 168 Å². The first-order valence-corrected chi connectivity index (χ1v) is 10.6. The fraction of sp³-hybridized carbons (Fsp3) is 0.429. The van der Waals surface area contributed by atoms with E-state index in [2.05, 4.69) is 41.0 Å². The monoisotopic (exact) mass is 396 g/mol. The van der Waals surface area contributed by atoms with Crippen LogP contribution in [0, 0.1) is 5.41 Å². The van der Waals surface area contributed by atoms with Gasteiger partial charge in [-0.25, -0.2) is 4.98 Å². The quantitative estimate of drug-likeness (QED) is 0.603. The Morgan fingerprint density at radius 2 is 2.11 bits per heavy atom. The van der Waals surface area contributed by atoms with Crippen LogP contribution in [0.5, 0.6) is 0 Å². The summed E-state index contributed by atoms with van der Waals surface area (Å²) in [5.74, 6) is 1.08. The third-order valence-corrected chi connectivity index (χ3v) is 6.24. The average Bonchev–Trinajstić information content (AvgIpc) is 2.64. The Balaban J connectivity index is 1.90. The van der Waals surface area contributed by atoms with Gasteiger partial charge in [-0.2, -0.15) is 0 Å². The number of hydrogen-bond acceptors (Lipinski definition) is 6. The van der Waals surface area contributed by atoms with E-state index in [0.29, 0.717) is 28.5 Å². The van der Waals surface area contributed by atoms with Gasteiger partial charge in [0, 0.05) is 41.8 Å². The highest BCUT2D eigenvalue weighted by atomic mass is 32.2. The number of hydrogen-bond donors (Lipinski definition) is 2. The standard InChI is InChI=1S/C21H24N4O2S/c1-4-8-28-20-24-18-17(19(27)25-20)15(12-6-5-7-22-11-12)16-13(23-18)9-21(2,3)10-14(16)26/h5-7,11,15H,4,8-10H2,1-3H3,(H2,23,24,25,27)/t15-/m1/s1. The van der Waals surface area contributed by atoms with Crippen molar-refractivity contribution in [3.8, 4) is 0 Å². The fourth-order valence-electron chi connectivity index (χ4n) is 4.04. The number of thioether (sulfide) groups is 1. The minimum absolute atomic E-state index is 0.0853. The zero-order chi connectivity index (χ0) is 19.9.